The smallest absolute Gasteiger partial charge is 0.272 e. The first-order chi connectivity index (χ1) is 9.60. The molecule has 1 fully saturated rings. The van der Waals surface area contributed by atoms with Gasteiger partial charge in [-0.15, -0.1) is 0 Å². The predicted octanol–water partition coefficient (Wildman–Crippen LogP) is 1.68. The van der Waals surface area contributed by atoms with Gasteiger partial charge in [0.2, 0.25) is 0 Å². The Kier molecular flexibility index (Phi) is 4.95. The molecule has 0 atom stereocenters. The normalized spacial score (nSPS) is 16.5. The van der Waals surface area contributed by atoms with Crippen LogP contribution in [0.1, 0.15) is 31.3 Å². The zero-order valence-corrected chi connectivity index (χ0v) is 12.6. The molecule has 0 saturated carbocycles. The molecule has 1 aromatic heterocycles. The van der Waals surface area contributed by atoms with Gasteiger partial charge in [0.25, 0.3) is 5.91 Å². The molecule has 0 aliphatic carbocycles. The summed E-state index contributed by atoms with van der Waals surface area (Å²) in [5, 5.41) is 3.30. The molecule has 0 spiro atoms. The number of carbonyl (C=O) groups excluding carboxylic acids is 1. The zero-order chi connectivity index (χ0) is 14.5. The number of likely N-dealkylation sites (N-methyl/N-ethyl adjacent to an activating group) is 1. The number of pyridine rings is 1. The van der Waals surface area contributed by atoms with Crippen molar-refractivity contribution in [1.82, 2.24) is 14.8 Å². The molecule has 20 heavy (non-hydrogen) atoms. The maximum absolute atomic E-state index is 12.4. The molecule has 0 aromatic carbocycles. The minimum absolute atomic E-state index is 0.0353. The Hall–Kier alpha value is -1.62. The van der Waals surface area contributed by atoms with Gasteiger partial charge in [-0.25, -0.2) is 0 Å². The number of carbonyl (C=O) groups is 1. The maximum atomic E-state index is 12.4. The fourth-order valence-electron chi connectivity index (χ4n) is 2.40. The predicted molar refractivity (Wildman–Crippen MR) is 81.0 cm³/mol. The highest BCUT2D eigenvalue weighted by atomic mass is 16.2. The number of hydrogen-bond donors (Lipinski definition) is 1. The molecule has 1 aromatic rings. The van der Waals surface area contributed by atoms with Crippen molar-refractivity contribution in [1.29, 1.82) is 0 Å². The van der Waals surface area contributed by atoms with Gasteiger partial charge in [0, 0.05) is 44.1 Å². The lowest BCUT2D eigenvalue weighted by Gasteiger charge is -2.33. The number of nitrogens with zero attached hydrogens (tertiary/aromatic N) is 3. The average Bonchev–Trinajstić information content (AvgIpc) is 2.46. The number of amides is 1. The number of aromatic nitrogens is 1. The van der Waals surface area contributed by atoms with E-state index in [4.69, 9.17) is 0 Å². The van der Waals surface area contributed by atoms with E-state index in [9.17, 15) is 4.79 Å². The van der Waals surface area contributed by atoms with Gasteiger partial charge in [0.05, 0.1) is 0 Å². The Balaban J connectivity index is 2.02. The first kappa shape index (κ1) is 14.8. The number of hydrogen-bond acceptors (Lipinski definition) is 4. The SMILES string of the molecule is CCN1CCN(C(=O)c2cc(NC(C)C)ccn2)CC1. The molecular weight excluding hydrogens is 252 g/mol. The van der Waals surface area contributed by atoms with Crippen LogP contribution in [0.4, 0.5) is 5.69 Å². The molecule has 2 heterocycles. The van der Waals surface area contributed by atoms with Crippen LogP contribution >= 0.6 is 0 Å². The first-order valence-corrected chi connectivity index (χ1v) is 7.34. The Morgan fingerprint density at radius 2 is 2.05 bits per heavy atom. The van der Waals surface area contributed by atoms with Crippen LogP contribution in [0.3, 0.4) is 0 Å². The summed E-state index contributed by atoms with van der Waals surface area (Å²) in [6.07, 6.45) is 1.69. The highest BCUT2D eigenvalue weighted by Crippen LogP contribution is 2.12. The van der Waals surface area contributed by atoms with Crippen LogP contribution in [0.2, 0.25) is 0 Å². The van der Waals surface area contributed by atoms with E-state index in [-0.39, 0.29) is 5.91 Å². The van der Waals surface area contributed by atoms with E-state index in [1.165, 1.54) is 0 Å². The van der Waals surface area contributed by atoms with Gasteiger partial charge < -0.3 is 15.1 Å². The van der Waals surface area contributed by atoms with Gasteiger partial charge >= 0.3 is 0 Å². The molecule has 1 amide bonds. The van der Waals surface area contributed by atoms with E-state index >= 15 is 0 Å². The van der Waals surface area contributed by atoms with E-state index in [1.54, 1.807) is 6.20 Å². The summed E-state index contributed by atoms with van der Waals surface area (Å²) in [6.45, 7) is 10.8. The molecule has 1 aliphatic heterocycles. The number of piperazine rings is 1. The second-order valence-electron chi connectivity index (χ2n) is 5.46. The standard InChI is InChI=1S/C15H24N4O/c1-4-18-7-9-19(10-8-18)15(20)14-11-13(5-6-16-14)17-12(2)3/h5-6,11-12H,4,7-10H2,1-3H3,(H,16,17). The van der Waals surface area contributed by atoms with Crippen molar-refractivity contribution >= 4 is 11.6 Å². The molecule has 1 aliphatic rings. The molecule has 1 N–H and O–H groups in total. The van der Waals surface area contributed by atoms with Crippen molar-refractivity contribution in [2.45, 2.75) is 26.8 Å². The van der Waals surface area contributed by atoms with Gasteiger partial charge in [-0.05, 0) is 32.5 Å². The van der Waals surface area contributed by atoms with Gasteiger partial charge in [-0.3, -0.25) is 9.78 Å². The van der Waals surface area contributed by atoms with Crippen LogP contribution < -0.4 is 5.32 Å². The summed E-state index contributed by atoms with van der Waals surface area (Å²) >= 11 is 0. The lowest BCUT2D eigenvalue weighted by atomic mass is 10.2. The Bertz CT molecular complexity index is 453. The third kappa shape index (κ3) is 3.70. The van der Waals surface area contributed by atoms with Crippen LogP contribution in [0.25, 0.3) is 0 Å². The highest BCUT2D eigenvalue weighted by Gasteiger charge is 2.22. The molecule has 1 saturated heterocycles. The van der Waals surface area contributed by atoms with Crippen LogP contribution in [-0.2, 0) is 0 Å². The Morgan fingerprint density at radius 3 is 2.65 bits per heavy atom. The summed E-state index contributed by atoms with van der Waals surface area (Å²) in [5.41, 5.74) is 1.48. The van der Waals surface area contributed by atoms with Gasteiger partial charge in [-0.1, -0.05) is 6.92 Å². The summed E-state index contributed by atoms with van der Waals surface area (Å²) in [7, 11) is 0. The van der Waals surface area contributed by atoms with E-state index in [0.717, 1.165) is 38.4 Å². The van der Waals surface area contributed by atoms with E-state index in [1.807, 2.05) is 17.0 Å². The van der Waals surface area contributed by atoms with Crippen molar-refractivity contribution in [2.75, 3.05) is 38.0 Å². The third-order valence-electron chi connectivity index (χ3n) is 3.54. The molecule has 5 heteroatoms. The Labute approximate surface area is 121 Å². The van der Waals surface area contributed by atoms with Crippen molar-refractivity contribution in [2.24, 2.45) is 0 Å². The zero-order valence-electron chi connectivity index (χ0n) is 12.6. The molecule has 2 rings (SSSR count). The fraction of sp³-hybridized carbons (Fsp3) is 0.600. The van der Waals surface area contributed by atoms with Crippen molar-refractivity contribution in [3.63, 3.8) is 0 Å². The van der Waals surface area contributed by atoms with Crippen LogP contribution in [0.5, 0.6) is 0 Å². The Morgan fingerprint density at radius 1 is 1.35 bits per heavy atom. The molecule has 0 radical (unpaired) electrons. The van der Waals surface area contributed by atoms with Gasteiger partial charge in [0.15, 0.2) is 0 Å². The number of rotatable bonds is 4. The molecule has 0 unspecified atom stereocenters. The first-order valence-electron chi connectivity index (χ1n) is 7.34. The molecular formula is C15H24N4O. The number of nitrogens with one attached hydrogen (secondary N) is 1. The highest BCUT2D eigenvalue weighted by molar-refractivity contribution is 5.93. The van der Waals surface area contributed by atoms with Crippen LogP contribution in [-0.4, -0.2) is 59.5 Å². The van der Waals surface area contributed by atoms with Crippen LogP contribution in [0.15, 0.2) is 18.3 Å². The molecule has 110 valence electrons. The average molecular weight is 276 g/mol. The number of anilines is 1. The largest absolute Gasteiger partial charge is 0.383 e. The minimum atomic E-state index is 0.0353. The van der Waals surface area contributed by atoms with E-state index in [2.05, 4.69) is 36.0 Å². The quantitative estimate of drug-likeness (QED) is 0.909. The van der Waals surface area contributed by atoms with Gasteiger partial charge in [-0.2, -0.15) is 0 Å². The maximum Gasteiger partial charge on any atom is 0.272 e. The van der Waals surface area contributed by atoms with Gasteiger partial charge in [0.1, 0.15) is 5.69 Å². The second-order valence-corrected chi connectivity index (χ2v) is 5.46. The summed E-state index contributed by atoms with van der Waals surface area (Å²) in [4.78, 5) is 20.9. The van der Waals surface area contributed by atoms with Crippen molar-refractivity contribution in [3.8, 4) is 0 Å². The fourth-order valence-corrected chi connectivity index (χ4v) is 2.40. The summed E-state index contributed by atoms with van der Waals surface area (Å²) < 4.78 is 0. The topological polar surface area (TPSA) is 48.5 Å². The van der Waals surface area contributed by atoms with Crippen molar-refractivity contribution in [3.05, 3.63) is 24.0 Å². The summed E-state index contributed by atoms with van der Waals surface area (Å²) in [6, 6.07) is 4.08. The lowest BCUT2D eigenvalue weighted by molar-refractivity contribution is 0.0637. The second kappa shape index (κ2) is 6.70. The monoisotopic (exact) mass is 276 g/mol. The molecule has 5 nitrogen and oxygen atoms in total. The summed E-state index contributed by atoms with van der Waals surface area (Å²) in [5.74, 6) is 0.0353. The van der Waals surface area contributed by atoms with Crippen LogP contribution in [0, 0.1) is 0 Å². The van der Waals surface area contributed by atoms with E-state index < -0.39 is 0 Å². The lowest BCUT2D eigenvalue weighted by Crippen LogP contribution is -2.48. The van der Waals surface area contributed by atoms with Crippen molar-refractivity contribution < 1.29 is 4.79 Å². The molecule has 0 bridgehead atoms. The van der Waals surface area contributed by atoms with E-state index in [0.29, 0.717) is 11.7 Å². The minimum Gasteiger partial charge on any atom is -0.383 e. The third-order valence-corrected chi connectivity index (χ3v) is 3.54.